The molecule has 0 bridgehead atoms. The fourth-order valence-corrected chi connectivity index (χ4v) is 2.83. The summed E-state index contributed by atoms with van der Waals surface area (Å²) in [6.45, 7) is 7.12. The van der Waals surface area contributed by atoms with Crippen molar-refractivity contribution in [2.24, 2.45) is 11.3 Å². The second-order valence-electron chi connectivity index (χ2n) is 4.67. The summed E-state index contributed by atoms with van der Waals surface area (Å²) in [5.41, 5.74) is -1.55. The number of carboxylic acid groups (broad SMARTS) is 1. The molecule has 0 radical (unpaired) electrons. The van der Waals surface area contributed by atoms with E-state index in [2.05, 4.69) is 4.98 Å². The molecule has 6 heteroatoms. The molecule has 0 aliphatic carbocycles. The van der Waals surface area contributed by atoms with Gasteiger partial charge >= 0.3 is 11.9 Å². The Morgan fingerprint density at radius 1 is 1.53 bits per heavy atom. The Hall–Kier alpha value is -1.43. The summed E-state index contributed by atoms with van der Waals surface area (Å²) in [4.78, 5) is 28.7. The average Bonchev–Trinajstić information content (AvgIpc) is 2.70. The molecule has 0 spiro atoms. The Balaban J connectivity index is 3.16. The van der Waals surface area contributed by atoms with Gasteiger partial charge in [0.25, 0.3) is 0 Å². The van der Waals surface area contributed by atoms with E-state index in [4.69, 9.17) is 4.74 Å². The summed E-state index contributed by atoms with van der Waals surface area (Å²) in [6, 6.07) is 0. The Morgan fingerprint density at radius 2 is 2.16 bits per heavy atom. The van der Waals surface area contributed by atoms with Gasteiger partial charge in [0.1, 0.15) is 0 Å². The quantitative estimate of drug-likeness (QED) is 0.641. The van der Waals surface area contributed by atoms with E-state index in [0.717, 1.165) is 9.88 Å². The fourth-order valence-electron chi connectivity index (χ4n) is 1.94. The smallest absolute Gasteiger partial charge is 0.324 e. The van der Waals surface area contributed by atoms with Gasteiger partial charge in [-0.25, -0.2) is 4.98 Å². The van der Waals surface area contributed by atoms with Crippen molar-refractivity contribution < 1.29 is 19.4 Å². The van der Waals surface area contributed by atoms with Gasteiger partial charge in [-0.1, -0.05) is 13.8 Å². The molecular formula is C13H19NO4S. The zero-order valence-electron chi connectivity index (χ0n) is 11.6. The highest BCUT2D eigenvalue weighted by Gasteiger charge is 2.50. The maximum Gasteiger partial charge on any atom is 0.324 e. The number of carbonyl (C=O) groups is 2. The van der Waals surface area contributed by atoms with Crippen molar-refractivity contribution in [2.45, 2.75) is 34.1 Å². The van der Waals surface area contributed by atoms with Gasteiger partial charge in [0, 0.05) is 17.5 Å². The van der Waals surface area contributed by atoms with E-state index >= 15 is 0 Å². The molecule has 1 atom stereocenters. The van der Waals surface area contributed by atoms with Crippen LogP contribution >= 0.6 is 11.3 Å². The second-order valence-corrected chi connectivity index (χ2v) is 5.99. The van der Waals surface area contributed by atoms with E-state index in [1.54, 1.807) is 27.0 Å². The third-order valence-electron chi connectivity index (χ3n) is 3.13. The molecule has 0 saturated carbocycles. The van der Waals surface area contributed by atoms with Gasteiger partial charge in [-0.05, 0) is 19.8 Å². The fraction of sp³-hybridized carbons (Fsp3) is 0.615. The van der Waals surface area contributed by atoms with E-state index in [0.29, 0.717) is 0 Å². The number of hydrogen-bond acceptors (Lipinski definition) is 5. The van der Waals surface area contributed by atoms with Crippen LogP contribution in [0.2, 0.25) is 0 Å². The first-order chi connectivity index (χ1) is 8.84. The van der Waals surface area contributed by atoms with Crippen molar-refractivity contribution >= 4 is 23.3 Å². The number of aromatic nitrogens is 1. The lowest BCUT2D eigenvalue weighted by atomic mass is 9.74. The molecule has 1 N–H and O–H groups in total. The number of ether oxygens (including phenoxy) is 1. The lowest BCUT2D eigenvalue weighted by Gasteiger charge is -2.30. The monoisotopic (exact) mass is 285 g/mol. The minimum absolute atomic E-state index is 0.115. The zero-order chi connectivity index (χ0) is 14.6. The van der Waals surface area contributed by atoms with Gasteiger partial charge in [-0.3, -0.25) is 9.59 Å². The van der Waals surface area contributed by atoms with Crippen molar-refractivity contribution in [2.75, 3.05) is 6.61 Å². The minimum Gasteiger partial charge on any atom is -0.480 e. The van der Waals surface area contributed by atoms with Gasteiger partial charge in [0.15, 0.2) is 5.41 Å². The summed E-state index contributed by atoms with van der Waals surface area (Å²) in [6.07, 6.45) is 1.74. The first-order valence-electron chi connectivity index (χ1n) is 6.16. The van der Waals surface area contributed by atoms with Crippen LogP contribution in [0.5, 0.6) is 0 Å². The lowest BCUT2D eigenvalue weighted by molar-refractivity contribution is -0.172. The van der Waals surface area contributed by atoms with Crippen molar-refractivity contribution in [1.82, 2.24) is 4.98 Å². The summed E-state index contributed by atoms with van der Waals surface area (Å²) in [5, 5.41) is 10.4. The first-order valence-corrected chi connectivity index (χ1v) is 6.98. The van der Waals surface area contributed by atoms with Gasteiger partial charge in [-0.2, -0.15) is 0 Å². The SMILES string of the molecule is CCOC(=O)C(Cc1cnc(C)s1)(C(=O)O)C(C)C. The van der Waals surface area contributed by atoms with Crippen LogP contribution in [-0.4, -0.2) is 28.6 Å². The van der Waals surface area contributed by atoms with Crippen molar-refractivity contribution in [3.05, 3.63) is 16.1 Å². The highest BCUT2D eigenvalue weighted by molar-refractivity contribution is 7.11. The van der Waals surface area contributed by atoms with E-state index in [9.17, 15) is 14.7 Å². The molecule has 5 nitrogen and oxygen atoms in total. The number of aliphatic carboxylic acids is 1. The van der Waals surface area contributed by atoms with Crippen LogP contribution in [0, 0.1) is 18.3 Å². The van der Waals surface area contributed by atoms with Crippen molar-refractivity contribution in [3.63, 3.8) is 0 Å². The number of carboxylic acids is 1. The number of nitrogens with zero attached hydrogens (tertiary/aromatic N) is 1. The van der Waals surface area contributed by atoms with Gasteiger partial charge in [0.05, 0.1) is 11.6 Å². The number of thiazole rings is 1. The Kier molecular flexibility index (Phi) is 5.05. The van der Waals surface area contributed by atoms with E-state index in [1.165, 1.54) is 11.3 Å². The average molecular weight is 285 g/mol. The van der Waals surface area contributed by atoms with Crippen LogP contribution in [0.15, 0.2) is 6.20 Å². The third-order valence-corrected chi connectivity index (χ3v) is 4.04. The van der Waals surface area contributed by atoms with Gasteiger partial charge < -0.3 is 9.84 Å². The predicted octanol–water partition coefficient (Wildman–Crippen LogP) is 2.28. The molecule has 1 aromatic heterocycles. The molecule has 0 saturated heterocycles. The molecule has 0 aliphatic rings. The minimum atomic E-state index is -1.55. The van der Waals surface area contributed by atoms with E-state index in [1.807, 2.05) is 6.92 Å². The Labute approximate surface area is 116 Å². The molecule has 1 unspecified atom stereocenters. The third kappa shape index (κ3) is 3.12. The number of esters is 1. The molecule has 0 aromatic carbocycles. The molecule has 19 heavy (non-hydrogen) atoms. The van der Waals surface area contributed by atoms with Crippen LogP contribution in [0.3, 0.4) is 0 Å². The maximum atomic E-state index is 12.1. The number of aryl methyl sites for hydroxylation is 1. The standard InChI is InChI=1S/C13H19NO4S/c1-5-18-12(17)13(8(2)3,11(15)16)6-10-7-14-9(4)19-10/h7-8H,5-6H2,1-4H3,(H,15,16). The highest BCUT2D eigenvalue weighted by Crippen LogP contribution is 2.35. The normalized spacial score (nSPS) is 14.2. The van der Waals surface area contributed by atoms with E-state index < -0.39 is 17.4 Å². The summed E-state index contributed by atoms with van der Waals surface area (Å²) < 4.78 is 4.97. The topological polar surface area (TPSA) is 76.5 Å². The van der Waals surface area contributed by atoms with Crippen LogP contribution in [0.4, 0.5) is 0 Å². The summed E-state index contributed by atoms with van der Waals surface area (Å²) in [5.74, 6) is -2.19. The predicted molar refractivity (Wildman–Crippen MR) is 72.1 cm³/mol. The lowest BCUT2D eigenvalue weighted by Crippen LogP contribution is -2.46. The molecule has 0 aliphatic heterocycles. The Bertz CT molecular complexity index is 469. The zero-order valence-corrected chi connectivity index (χ0v) is 12.4. The summed E-state index contributed by atoms with van der Waals surface area (Å²) in [7, 11) is 0. The van der Waals surface area contributed by atoms with Crippen molar-refractivity contribution in [1.29, 1.82) is 0 Å². The van der Waals surface area contributed by atoms with Crippen LogP contribution in [0.25, 0.3) is 0 Å². The van der Waals surface area contributed by atoms with Crippen LogP contribution < -0.4 is 0 Å². The molecule has 1 heterocycles. The van der Waals surface area contributed by atoms with Crippen LogP contribution in [-0.2, 0) is 20.7 Å². The number of carbonyl (C=O) groups excluding carboxylic acids is 1. The molecule has 1 rings (SSSR count). The maximum absolute atomic E-state index is 12.1. The number of rotatable bonds is 6. The molecule has 0 fully saturated rings. The molecule has 106 valence electrons. The largest absolute Gasteiger partial charge is 0.480 e. The molecule has 1 aromatic rings. The van der Waals surface area contributed by atoms with Crippen molar-refractivity contribution in [3.8, 4) is 0 Å². The van der Waals surface area contributed by atoms with Gasteiger partial charge in [0.2, 0.25) is 0 Å². The van der Waals surface area contributed by atoms with Crippen LogP contribution in [0.1, 0.15) is 30.7 Å². The summed E-state index contributed by atoms with van der Waals surface area (Å²) >= 11 is 1.40. The van der Waals surface area contributed by atoms with E-state index in [-0.39, 0.29) is 18.9 Å². The second kappa shape index (κ2) is 6.14. The molecular weight excluding hydrogens is 266 g/mol. The van der Waals surface area contributed by atoms with Gasteiger partial charge in [-0.15, -0.1) is 11.3 Å². The Morgan fingerprint density at radius 3 is 2.53 bits per heavy atom. The first kappa shape index (κ1) is 15.6. The number of hydrogen-bond donors (Lipinski definition) is 1. The molecule has 0 amide bonds. The highest BCUT2D eigenvalue weighted by atomic mass is 32.1.